The van der Waals surface area contributed by atoms with Crippen LogP contribution in [0, 0.1) is 6.92 Å². The van der Waals surface area contributed by atoms with Crippen molar-refractivity contribution in [1.29, 1.82) is 0 Å². The van der Waals surface area contributed by atoms with Crippen LogP contribution in [0.4, 0.5) is 5.69 Å². The Labute approximate surface area is 177 Å². The Morgan fingerprint density at radius 1 is 1.17 bits per heavy atom. The van der Waals surface area contributed by atoms with Crippen molar-refractivity contribution in [2.45, 2.75) is 44.9 Å². The first-order valence-electron chi connectivity index (χ1n) is 9.87. The number of nitrogens with one attached hydrogen (secondary N) is 1. The van der Waals surface area contributed by atoms with Crippen molar-refractivity contribution in [3.8, 4) is 11.5 Å². The molecule has 160 valence electrons. The molecule has 0 spiro atoms. The van der Waals surface area contributed by atoms with Gasteiger partial charge in [0.2, 0.25) is 10.0 Å². The number of benzene rings is 2. The average Bonchev–Trinajstić information content (AvgIpc) is 2.66. The minimum atomic E-state index is -3.56. The number of aryl methyl sites for hydroxylation is 1. The van der Waals surface area contributed by atoms with E-state index in [4.69, 9.17) is 9.47 Å². The van der Waals surface area contributed by atoms with Gasteiger partial charge in [-0.05, 0) is 39.0 Å². The molecule has 8 heteroatoms. The molecule has 0 bridgehead atoms. The van der Waals surface area contributed by atoms with Crippen LogP contribution in [0.15, 0.2) is 42.5 Å². The maximum absolute atomic E-state index is 13.2. The second kappa shape index (κ2) is 7.19. The van der Waals surface area contributed by atoms with Gasteiger partial charge in [0, 0.05) is 12.0 Å². The molecule has 2 atom stereocenters. The number of amides is 1. The number of rotatable bonds is 3. The summed E-state index contributed by atoms with van der Waals surface area (Å²) >= 11 is 0. The highest BCUT2D eigenvalue weighted by Gasteiger charge is 2.39. The number of para-hydroxylation sites is 2. The standard InChI is InChI=1S/C22H26N2O5S/c1-14-9-10-18-15(11-14)16(12-22(2,3)29-18)23-21(25)20-13-24(30(4,26)27)17-7-5-6-8-19(17)28-20/h5-11,16,20H,12-13H2,1-4H3,(H,23,25)/t16-,20+/m1/s1. The first-order chi connectivity index (χ1) is 14.0. The lowest BCUT2D eigenvalue weighted by atomic mass is 9.89. The molecule has 0 unspecified atom stereocenters. The zero-order valence-electron chi connectivity index (χ0n) is 17.5. The maximum Gasteiger partial charge on any atom is 0.263 e. The molecular formula is C22H26N2O5S. The van der Waals surface area contributed by atoms with Crippen LogP contribution in [0.2, 0.25) is 0 Å². The minimum absolute atomic E-state index is 0.0744. The molecule has 30 heavy (non-hydrogen) atoms. The van der Waals surface area contributed by atoms with Gasteiger partial charge in [-0.15, -0.1) is 0 Å². The lowest BCUT2D eigenvalue weighted by Crippen LogP contribution is -2.52. The summed E-state index contributed by atoms with van der Waals surface area (Å²) in [6, 6.07) is 12.5. The van der Waals surface area contributed by atoms with Crippen molar-refractivity contribution >= 4 is 21.6 Å². The topological polar surface area (TPSA) is 84.9 Å². The van der Waals surface area contributed by atoms with Gasteiger partial charge < -0.3 is 14.8 Å². The van der Waals surface area contributed by atoms with Gasteiger partial charge in [-0.3, -0.25) is 9.10 Å². The molecule has 2 aliphatic heterocycles. The van der Waals surface area contributed by atoms with E-state index < -0.39 is 21.7 Å². The highest BCUT2D eigenvalue weighted by atomic mass is 32.2. The summed E-state index contributed by atoms with van der Waals surface area (Å²) < 4.78 is 37.8. The van der Waals surface area contributed by atoms with Gasteiger partial charge in [0.05, 0.1) is 24.5 Å². The number of anilines is 1. The van der Waals surface area contributed by atoms with Gasteiger partial charge >= 0.3 is 0 Å². The maximum atomic E-state index is 13.2. The molecule has 0 saturated heterocycles. The van der Waals surface area contributed by atoms with Crippen molar-refractivity contribution in [2.75, 3.05) is 17.1 Å². The summed E-state index contributed by atoms with van der Waals surface area (Å²) in [7, 11) is -3.56. The summed E-state index contributed by atoms with van der Waals surface area (Å²) in [5.74, 6) is 0.765. The van der Waals surface area contributed by atoms with Crippen molar-refractivity contribution < 1.29 is 22.7 Å². The van der Waals surface area contributed by atoms with Gasteiger partial charge in [-0.1, -0.05) is 29.8 Å². The number of ether oxygens (including phenoxy) is 2. The first kappa shape index (κ1) is 20.5. The lowest BCUT2D eigenvalue weighted by molar-refractivity contribution is -0.129. The number of hydrogen-bond donors (Lipinski definition) is 1. The van der Waals surface area contributed by atoms with Crippen LogP contribution in [-0.2, 0) is 14.8 Å². The molecule has 2 heterocycles. The Hall–Kier alpha value is -2.74. The minimum Gasteiger partial charge on any atom is -0.487 e. The molecular weight excluding hydrogens is 404 g/mol. The van der Waals surface area contributed by atoms with Crippen LogP contribution in [0.25, 0.3) is 0 Å². The largest absolute Gasteiger partial charge is 0.487 e. The molecule has 1 N–H and O–H groups in total. The summed E-state index contributed by atoms with van der Waals surface area (Å²) in [6.45, 7) is 5.88. The van der Waals surface area contributed by atoms with Crippen LogP contribution in [0.5, 0.6) is 11.5 Å². The lowest BCUT2D eigenvalue weighted by Gasteiger charge is -2.39. The number of carbonyl (C=O) groups is 1. The van der Waals surface area contributed by atoms with E-state index in [1.807, 2.05) is 39.0 Å². The zero-order valence-corrected chi connectivity index (χ0v) is 18.3. The van der Waals surface area contributed by atoms with Crippen molar-refractivity contribution in [2.24, 2.45) is 0 Å². The highest BCUT2D eigenvalue weighted by molar-refractivity contribution is 7.92. The highest BCUT2D eigenvalue weighted by Crippen LogP contribution is 2.40. The number of nitrogens with zero attached hydrogens (tertiary/aromatic N) is 1. The zero-order chi connectivity index (χ0) is 21.7. The van der Waals surface area contributed by atoms with E-state index in [0.717, 1.165) is 23.1 Å². The summed E-state index contributed by atoms with van der Waals surface area (Å²) in [5, 5.41) is 3.07. The molecule has 0 fully saturated rings. The molecule has 0 aliphatic carbocycles. The third-order valence-corrected chi connectivity index (χ3v) is 6.51. The predicted molar refractivity (Wildman–Crippen MR) is 114 cm³/mol. The van der Waals surface area contributed by atoms with Crippen LogP contribution < -0.4 is 19.1 Å². The molecule has 1 amide bonds. The fourth-order valence-corrected chi connectivity index (χ4v) is 4.93. The molecule has 0 aromatic heterocycles. The van der Waals surface area contributed by atoms with Gasteiger partial charge in [0.25, 0.3) is 5.91 Å². The Kier molecular flexibility index (Phi) is 4.92. The Bertz CT molecular complexity index is 1100. The molecule has 2 aliphatic rings. The third kappa shape index (κ3) is 3.96. The SMILES string of the molecule is Cc1ccc2c(c1)[C@H](NC(=O)[C@@H]1CN(S(C)(=O)=O)c3ccccc3O1)CC(C)(C)O2. The van der Waals surface area contributed by atoms with Crippen LogP contribution in [-0.4, -0.2) is 38.8 Å². The molecule has 0 radical (unpaired) electrons. The van der Waals surface area contributed by atoms with Crippen LogP contribution >= 0.6 is 0 Å². The number of hydrogen-bond acceptors (Lipinski definition) is 5. The summed E-state index contributed by atoms with van der Waals surface area (Å²) in [6.07, 6.45) is 0.770. The first-order valence-corrected chi connectivity index (χ1v) is 11.7. The van der Waals surface area contributed by atoms with Crippen LogP contribution in [0.3, 0.4) is 0 Å². The van der Waals surface area contributed by atoms with E-state index in [-0.39, 0.29) is 18.5 Å². The van der Waals surface area contributed by atoms with Gasteiger partial charge in [0.1, 0.15) is 17.1 Å². The number of carbonyl (C=O) groups excluding carboxylic acids is 1. The molecule has 2 aromatic carbocycles. The average molecular weight is 431 g/mol. The van der Waals surface area contributed by atoms with Gasteiger partial charge in [-0.25, -0.2) is 8.42 Å². The van der Waals surface area contributed by atoms with Crippen molar-refractivity contribution in [1.82, 2.24) is 5.32 Å². The van der Waals surface area contributed by atoms with E-state index in [0.29, 0.717) is 17.9 Å². The Morgan fingerprint density at radius 3 is 2.63 bits per heavy atom. The van der Waals surface area contributed by atoms with Gasteiger partial charge in [0.15, 0.2) is 6.10 Å². The summed E-state index contributed by atoms with van der Waals surface area (Å²) in [5.41, 5.74) is 1.98. The third-order valence-electron chi connectivity index (χ3n) is 5.37. The van der Waals surface area contributed by atoms with E-state index in [2.05, 4.69) is 5.32 Å². The predicted octanol–water partition coefficient (Wildman–Crippen LogP) is 2.94. The fraction of sp³-hybridized carbons (Fsp3) is 0.409. The van der Waals surface area contributed by atoms with Crippen LogP contribution in [0.1, 0.15) is 37.4 Å². The van der Waals surface area contributed by atoms with E-state index in [9.17, 15) is 13.2 Å². The van der Waals surface area contributed by atoms with Gasteiger partial charge in [-0.2, -0.15) is 0 Å². The molecule has 2 aromatic rings. The van der Waals surface area contributed by atoms with E-state index in [1.54, 1.807) is 24.3 Å². The number of fused-ring (bicyclic) bond motifs is 2. The normalized spacial score (nSPS) is 22.2. The monoisotopic (exact) mass is 430 g/mol. The smallest absolute Gasteiger partial charge is 0.263 e. The second-order valence-electron chi connectivity index (χ2n) is 8.54. The Balaban J connectivity index is 1.61. The molecule has 0 saturated carbocycles. The number of sulfonamides is 1. The summed E-state index contributed by atoms with van der Waals surface area (Å²) in [4.78, 5) is 13.2. The molecule has 4 rings (SSSR count). The second-order valence-corrected chi connectivity index (χ2v) is 10.4. The quantitative estimate of drug-likeness (QED) is 0.809. The van der Waals surface area contributed by atoms with Crippen molar-refractivity contribution in [3.63, 3.8) is 0 Å². The fourth-order valence-electron chi connectivity index (χ4n) is 4.02. The van der Waals surface area contributed by atoms with E-state index in [1.165, 1.54) is 4.31 Å². The molecule has 7 nitrogen and oxygen atoms in total. The van der Waals surface area contributed by atoms with E-state index >= 15 is 0 Å². The van der Waals surface area contributed by atoms with Crippen molar-refractivity contribution in [3.05, 3.63) is 53.6 Å². The Morgan fingerprint density at radius 2 is 1.90 bits per heavy atom.